The highest BCUT2D eigenvalue weighted by Crippen LogP contribution is 2.38. The Bertz CT molecular complexity index is 979. The van der Waals surface area contributed by atoms with Gasteiger partial charge in [-0.25, -0.2) is 8.42 Å². The number of benzene rings is 2. The normalized spacial score (nSPS) is 19.5. The zero-order valence-electron chi connectivity index (χ0n) is 15.6. The van der Waals surface area contributed by atoms with Crippen LogP contribution in [0.5, 0.6) is 0 Å². The third-order valence-electron chi connectivity index (χ3n) is 5.57. The van der Waals surface area contributed by atoms with Crippen LogP contribution in [0.25, 0.3) is 0 Å². The van der Waals surface area contributed by atoms with Crippen LogP contribution >= 0.6 is 0 Å². The van der Waals surface area contributed by atoms with E-state index in [0.29, 0.717) is 12.1 Å². The van der Waals surface area contributed by atoms with Gasteiger partial charge in [0.2, 0.25) is 5.91 Å². The van der Waals surface area contributed by atoms with Crippen LogP contribution in [0.15, 0.2) is 47.4 Å². The molecule has 2 aliphatic rings. The third-order valence-corrected chi connectivity index (χ3v) is 6.95. The molecule has 2 aromatic rings. The summed E-state index contributed by atoms with van der Waals surface area (Å²) in [6, 6.07) is 12.4. The molecule has 0 aromatic heterocycles. The molecule has 1 aliphatic heterocycles. The highest BCUT2D eigenvalue weighted by atomic mass is 32.2. The Morgan fingerprint density at radius 2 is 1.81 bits per heavy atom. The van der Waals surface area contributed by atoms with Crippen LogP contribution in [-0.2, 0) is 21.2 Å². The Morgan fingerprint density at radius 1 is 1.11 bits per heavy atom. The van der Waals surface area contributed by atoms with Crippen molar-refractivity contribution in [3.8, 4) is 0 Å². The maximum absolute atomic E-state index is 12.8. The number of nitrogens with zero attached hydrogens (tertiary/aromatic N) is 1. The number of carbonyl (C=O) groups excluding carboxylic acids is 1. The van der Waals surface area contributed by atoms with Crippen LogP contribution in [0.4, 0.5) is 11.4 Å². The first-order valence-electron chi connectivity index (χ1n) is 9.40. The van der Waals surface area contributed by atoms with Gasteiger partial charge in [-0.05, 0) is 69.0 Å². The maximum Gasteiger partial charge on any atom is 0.261 e. The van der Waals surface area contributed by atoms with Gasteiger partial charge in [-0.2, -0.15) is 0 Å². The maximum atomic E-state index is 12.8. The lowest BCUT2D eigenvalue weighted by molar-refractivity contribution is -0.125. The summed E-state index contributed by atoms with van der Waals surface area (Å²) in [5, 5.41) is 0. The molecule has 0 radical (unpaired) electrons. The minimum Gasteiger partial charge on any atom is -0.309 e. The summed E-state index contributed by atoms with van der Waals surface area (Å²) in [6.45, 7) is 3.98. The van der Waals surface area contributed by atoms with Crippen molar-refractivity contribution in [1.29, 1.82) is 0 Å². The number of nitrogens with one attached hydrogen (secondary N) is 1. The second-order valence-corrected chi connectivity index (χ2v) is 9.33. The van der Waals surface area contributed by atoms with E-state index in [1.165, 1.54) is 0 Å². The number of sulfonamides is 1. The van der Waals surface area contributed by atoms with Crippen LogP contribution in [0.3, 0.4) is 0 Å². The first-order chi connectivity index (χ1) is 12.8. The number of anilines is 2. The van der Waals surface area contributed by atoms with E-state index >= 15 is 0 Å². The summed E-state index contributed by atoms with van der Waals surface area (Å²) in [4.78, 5) is 14.8. The largest absolute Gasteiger partial charge is 0.309 e. The van der Waals surface area contributed by atoms with Gasteiger partial charge in [-0.3, -0.25) is 9.52 Å². The lowest BCUT2D eigenvalue weighted by Gasteiger charge is -2.32. The molecule has 1 aliphatic carbocycles. The smallest absolute Gasteiger partial charge is 0.261 e. The second kappa shape index (κ2) is 6.68. The summed E-state index contributed by atoms with van der Waals surface area (Å²) in [6.07, 6.45) is 3.73. The molecule has 1 N–H and O–H groups in total. The number of aryl methyl sites for hydroxylation is 1. The Labute approximate surface area is 160 Å². The molecular weight excluding hydrogens is 360 g/mol. The van der Waals surface area contributed by atoms with E-state index in [-0.39, 0.29) is 22.8 Å². The number of rotatable bonds is 4. The third kappa shape index (κ3) is 3.34. The van der Waals surface area contributed by atoms with E-state index in [9.17, 15) is 13.2 Å². The van der Waals surface area contributed by atoms with Crippen molar-refractivity contribution < 1.29 is 13.2 Å². The van der Waals surface area contributed by atoms with Crippen molar-refractivity contribution in [2.75, 3.05) is 9.62 Å². The van der Waals surface area contributed by atoms with E-state index in [1.807, 2.05) is 30.9 Å². The van der Waals surface area contributed by atoms with Gasteiger partial charge in [0, 0.05) is 23.3 Å². The van der Waals surface area contributed by atoms with Crippen LogP contribution in [-0.4, -0.2) is 20.4 Å². The molecular formula is C21H24N2O3S. The van der Waals surface area contributed by atoms with Gasteiger partial charge < -0.3 is 4.90 Å². The summed E-state index contributed by atoms with van der Waals surface area (Å²) >= 11 is 0. The minimum absolute atomic E-state index is 0.0658. The Morgan fingerprint density at radius 3 is 2.44 bits per heavy atom. The fourth-order valence-corrected chi connectivity index (χ4v) is 4.91. The zero-order chi connectivity index (χ0) is 19.2. The van der Waals surface area contributed by atoms with Gasteiger partial charge in [0.15, 0.2) is 0 Å². The average Bonchev–Trinajstić information content (AvgIpc) is 2.90. The van der Waals surface area contributed by atoms with E-state index < -0.39 is 10.0 Å². The van der Waals surface area contributed by atoms with Crippen molar-refractivity contribution >= 4 is 27.3 Å². The number of fused-ring (bicyclic) bond motifs is 1. The van der Waals surface area contributed by atoms with E-state index in [2.05, 4.69) is 4.72 Å². The first kappa shape index (κ1) is 18.0. The molecule has 5 nitrogen and oxygen atoms in total. The Hall–Kier alpha value is -2.34. The number of amides is 1. The number of carbonyl (C=O) groups is 1. The molecule has 1 saturated carbocycles. The lowest BCUT2D eigenvalue weighted by atomic mass is 9.84. The van der Waals surface area contributed by atoms with Gasteiger partial charge in [-0.15, -0.1) is 0 Å². The average molecular weight is 385 g/mol. The van der Waals surface area contributed by atoms with Gasteiger partial charge >= 0.3 is 0 Å². The SMILES string of the molecule is Cc1ccc(NS(=O)(=O)c2ccc3c(c2)C[C@H](C)N3C(=O)C2CCC2)cc1. The predicted molar refractivity (Wildman–Crippen MR) is 106 cm³/mol. The molecule has 142 valence electrons. The molecule has 4 rings (SSSR count). The van der Waals surface area contributed by atoms with Crippen LogP contribution in [0.1, 0.15) is 37.3 Å². The molecule has 2 aromatic carbocycles. The standard InChI is InChI=1S/C21H24N2O3S/c1-14-6-8-18(9-7-14)22-27(25,26)19-10-11-20-17(13-19)12-15(2)23(20)21(24)16-4-3-5-16/h6-11,13,15-16,22H,3-5,12H2,1-2H3/t15-/m0/s1. The van der Waals surface area contributed by atoms with Crippen LogP contribution < -0.4 is 9.62 Å². The fraction of sp³-hybridized carbons (Fsp3) is 0.381. The van der Waals surface area contributed by atoms with Crippen LogP contribution in [0.2, 0.25) is 0 Å². The van der Waals surface area contributed by atoms with Crippen molar-refractivity contribution in [3.05, 3.63) is 53.6 Å². The molecule has 0 spiro atoms. The molecule has 0 unspecified atom stereocenters. The second-order valence-electron chi connectivity index (χ2n) is 7.65. The van der Waals surface area contributed by atoms with Gasteiger partial charge in [0.05, 0.1) is 4.90 Å². The monoisotopic (exact) mass is 384 g/mol. The highest BCUT2D eigenvalue weighted by molar-refractivity contribution is 7.92. The molecule has 0 bridgehead atoms. The summed E-state index contributed by atoms with van der Waals surface area (Å²) in [7, 11) is -3.67. The summed E-state index contributed by atoms with van der Waals surface area (Å²) < 4.78 is 28.1. The number of hydrogen-bond acceptors (Lipinski definition) is 3. The van der Waals surface area contributed by atoms with E-state index in [0.717, 1.165) is 36.1 Å². The molecule has 1 amide bonds. The topological polar surface area (TPSA) is 66.5 Å². The first-order valence-corrected chi connectivity index (χ1v) is 10.9. The molecule has 1 atom stereocenters. The molecule has 1 heterocycles. The fourth-order valence-electron chi connectivity index (χ4n) is 3.80. The molecule has 0 saturated heterocycles. The Balaban J connectivity index is 1.60. The molecule has 1 fully saturated rings. The van der Waals surface area contributed by atoms with Crippen LogP contribution in [0, 0.1) is 12.8 Å². The van der Waals surface area contributed by atoms with E-state index in [4.69, 9.17) is 0 Å². The summed E-state index contributed by atoms with van der Waals surface area (Å²) in [5.74, 6) is 0.311. The quantitative estimate of drug-likeness (QED) is 0.870. The predicted octanol–water partition coefficient (Wildman–Crippen LogP) is 3.87. The number of hydrogen-bond donors (Lipinski definition) is 1. The molecule has 27 heavy (non-hydrogen) atoms. The van der Waals surface area contributed by atoms with Gasteiger partial charge in [-0.1, -0.05) is 24.1 Å². The highest BCUT2D eigenvalue weighted by Gasteiger charge is 2.37. The minimum atomic E-state index is -3.67. The zero-order valence-corrected chi connectivity index (χ0v) is 16.4. The lowest BCUT2D eigenvalue weighted by Crippen LogP contribution is -2.42. The Kier molecular flexibility index (Phi) is 4.46. The van der Waals surface area contributed by atoms with Crippen molar-refractivity contribution in [2.45, 2.75) is 50.5 Å². The molecule has 6 heteroatoms. The van der Waals surface area contributed by atoms with Crippen molar-refractivity contribution in [3.63, 3.8) is 0 Å². The van der Waals surface area contributed by atoms with Gasteiger partial charge in [0.1, 0.15) is 0 Å². The van der Waals surface area contributed by atoms with Crippen molar-refractivity contribution in [1.82, 2.24) is 0 Å². The van der Waals surface area contributed by atoms with Crippen molar-refractivity contribution in [2.24, 2.45) is 5.92 Å². The summed E-state index contributed by atoms with van der Waals surface area (Å²) in [5.41, 5.74) is 3.38. The van der Waals surface area contributed by atoms with Gasteiger partial charge in [0.25, 0.3) is 10.0 Å². The van der Waals surface area contributed by atoms with E-state index in [1.54, 1.807) is 30.3 Å².